The molecule has 0 aromatic heterocycles. The van der Waals surface area contributed by atoms with Crippen LogP contribution >= 0.6 is 0 Å². The summed E-state index contributed by atoms with van der Waals surface area (Å²) >= 11 is 0. The maximum atomic E-state index is 13.1. The summed E-state index contributed by atoms with van der Waals surface area (Å²) in [7, 11) is 0. The predicted octanol–water partition coefficient (Wildman–Crippen LogP) is 2.25. The van der Waals surface area contributed by atoms with E-state index in [1.807, 2.05) is 60.7 Å². The maximum absolute atomic E-state index is 13.1. The molecule has 3 atom stereocenters. The second kappa shape index (κ2) is 11.8. The van der Waals surface area contributed by atoms with Gasteiger partial charge in [0.05, 0.1) is 0 Å². The zero-order valence-corrected chi connectivity index (χ0v) is 18.4. The number of ketones is 1. The van der Waals surface area contributed by atoms with E-state index < -0.39 is 30.0 Å². The average molecular weight is 452 g/mol. The minimum atomic E-state index is -0.989. The van der Waals surface area contributed by atoms with E-state index in [2.05, 4.69) is 10.6 Å². The monoisotopic (exact) mass is 451 g/mol. The topological polar surface area (TPSA) is 128 Å². The first-order valence-electron chi connectivity index (χ1n) is 11.0. The minimum Gasteiger partial charge on any atom is -0.445 e. The first-order chi connectivity index (χ1) is 15.9. The third-order valence-corrected chi connectivity index (χ3v) is 5.70. The van der Waals surface area contributed by atoms with E-state index in [-0.39, 0.29) is 31.1 Å². The molecule has 8 nitrogen and oxygen atoms in total. The van der Waals surface area contributed by atoms with E-state index in [1.54, 1.807) is 0 Å². The lowest BCUT2D eigenvalue weighted by Crippen LogP contribution is -2.56. The fourth-order valence-electron chi connectivity index (χ4n) is 3.98. The van der Waals surface area contributed by atoms with Crippen LogP contribution in [0.4, 0.5) is 4.79 Å². The SMILES string of the molecule is NC(=O)[C@H](NC(=O)[C@H](Cc1ccccc1)NC(=O)OCc1ccccc1)[C@@H]1CCCC(=O)C1. The van der Waals surface area contributed by atoms with Gasteiger partial charge in [0.2, 0.25) is 11.8 Å². The van der Waals surface area contributed by atoms with Crippen molar-refractivity contribution in [2.45, 2.75) is 50.8 Å². The van der Waals surface area contributed by atoms with E-state index >= 15 is 0 Å². The van der Waals surface area contributed by atoms with Crippen LogP contribution < -0.4 is 16.4 Å². The van der Waals surface area contributed by atoms with Gasteiger partial charge in [-0.05, 0) is 29.9 Å². The first-order valence-corrected chi connectivity index (χ1v) is 11.0. The van der Waals surface area contributed by atoms with Gasteiger partial charge in [0.1, 0.15) is 24.5 Å². The van der Waals surface area contributed by atoms with Gasteiger partial charge in [-0.15, -0.1) is 0 Å². The van der Waals surface area contributed by atoms with Crippen molar-refractivity contribution in [2.24, 2.45) is 11.7 Å². The van der Waals surface area contributed by atoms with E-state index in [4.69, 9.17) is 10.5 Å². The van der Waals surface area contributed by atoms with Crippen LogP contribution in [0.5, 0.6) is 0 Å². The van der Waals surface area contributed by atoms with Gasteiger partial charge in [0, 0.05) is 19.3 Å². The molecule has 0 aliphatic heterocycles. The fourth-order valence-corrected chi connectivity index (χ4v) is 3.98. The number of rotatable bonds is 9. The van der Waals surface area contributed by atoms with Crippen molar-refractivity contribution < 1.29 is 23.9 Å². The Morgan fingerprint density at radius 2 is 1.61 bits per heavy atom. The van der Waals surface area contributed by atoms with Crippen LogP contribution in [0.3, 0.4) is 0 Å². The van der Waals surface area contributed by atoms with E-state index in [0.717, 1.165) is 11.1 Å². The van der Waals surface area contributed by atoms with Gasteiger partial charge in [-0.1, -0.05) is 60.7 Å². The van der Waals surface area contributed by atoms with Gasteiger partial charge in [0.25, 0.3) is 0 Å². The molecule has 8 heteroatoms. The highest BCUT2D eigenvalue weighted by atomic mass is 16.5. The zero-order valence-electron chi connectivity index (χ0n) is 18.4. The zero-order chi connectivity index (χ0) is 23.6. The molecular formula is C25H29N3O5. The molecule has 33 heavy (non-hydrogen) atoms. The number of benzene rings is 2. The number of carbonyl (C=O) groups is 4. The summed E-state index contributed by atoms with van der Waals surface area (Å²) in [6.07, 6.45) is 1.39. The third-order valence-electron chi connectivity index (χ3n) is 5.70. The minimum absolute atomic E-state index is 0.0511. The van der Waals surface area contributed by atoms with Crippen molar-refractivity contribution in [1.29, 1.82) is 0 Å². The number of amides is 3. The molecule has 2 aromatic rings. The standard InChI is InChI=1S/C25H29N3O5/c26-23(30)22(19-12-7-13-20(29)15-19)28-24(31)21(14-17-8-3-1-4-9-17)27-25(32)33-16-18-10-5-2-6-11-18/h1-6,8-11,19,21-22H,7,12-16H2,(H2,26,30)(H,27,32)(H,28,31)/t19-,21+,22-/m1/s1. The van der Waals surface area contributed by atoms with Gasteiger partial charge in [0.15, 0.2) is 0 Å². The number of alkyl carbamates (subject to hydrolysis) is 1. The number of nitrogens with two attached hydrogens (primary N) is 1. The smallest absolute Gasteiger partial charge is 0.408 e. The van der Waals surface area contributed by atoms with Crippen LogP contribution in [0.2, 0.25) is 0 Å². The second-order valence-electron chi connectivity index (χ2n) is 8.23. The summed E-state index contributed by atoms with van der Waals surface area (Å²) in [6, 6.07) is 16.4. The number of nitrogens with one attached hydrogen (secondary N) is 2. The molecule has 3 rings (SSSR count). The van der Waals surface area contributed by atoms with E-state index in [1.165, 1.54) is 0 Å². The van der Waals surface area contributed by atoms with Crippen LogP contribution in [0, 0.1) is 5.92 Å². The molecule has 0 bridgehead atoms. The molecule has 0 saturated heterocycles. The molecule has 0 radical (unpaired) electrons. The Bertz CT molecular complexity index is 965. The number of carbonyl (C=O) groups excluding carboxylic acids is 4. The Labute approximate surface area is 192 Å². The summed E-state index contributed by atoms with van der Waals surface area (Å²) in [6.45, 7) is 0.0560. The van der Waals surface area contributed by atoms with Crippen LogP contribution in [-0.4, -0.2) is 35.8 Å². The highest BCUT2D eigenvalue weighted by Gasteiger charge is 2.34. The van der Waals surface area contributed by atoms with Crippen molar-refractivity contribution in [2.75, 3.05) is 0 Å². The lowest BCUT2D eigenvalue weighted by molar-refractivity contribution is -0.131. The number of ether oxygens (including phenoxy) is 1. The number of Topliss-reactive ketones (excluding diaryl/α,β-unsaturated/α-hetero) is 1. The Balaban J connectivity index is 1.68. The maximum Gasteiger partial charge on any atom is 0.408 e. The fraction of sp³-hybridized carbons (Fsp3) is 0.360. The lowest BCUT2D eigenvalue weighted by Gasteiger charge is -2.29. The molecule has 0 spiro atoms. The molecule has 3 amide bonds. The highest BCUT2D eigenvalue weighted by Crippen LogP contribution is 2.24. The van der Waals surface area contributed by atoms with Crippen LogP contribution in [0.25, 0.3) is 0 Å². The summed E-state index contributed by atoms with van der Waals surface area (Å²) < 4.78 is 5.26. The second-order valence-corrected chi connectivity index (χ2v) is 8.23. The normalized spacial score (nSPS) is 17.5. The van der Waals surface area contributed by atoms with Crippen molar-refractivity contribution in [3.05, 3.63) is 71.8 Å². The van der Waals surface area contributed by atoms with Crippen molar-refractivity contribution in [1.82, 2.24) is 10.6 Å². The van der Waals surface area contributed by atoms with E-state index in [9.17, 15) is 19.2 Å². The molecule has 174 valence electrons. The van der Waals surface area contributed by atoms with Crippen molar-refractivity contribution >= 4 is 23.7 Å². The average Bonchev–Trinajstić information content (AvgIpc) is 2.82. The lowest BCUT2D eigenvalue weighted by atomic mass is 9.82. The van der Waals surface area contributed by atoms with Gasteiger partial charge in [-0.3, -0.25) is 14.4 Å². The molecule has 0 unspecified atom stereocenters. The highest BCUT2D eigenvalue weighted by molar-refractivity contribution is 5.91. The summed E-state index contributed by atoms with van der Waals surface area (Å²) in [5.74, 6) is -1.56. The van der Waals surface area contributed by atoms with Gasteiger partial charge in [-0.2, -0.15) is 0 Å². The van der Waals surface area contributed by atoms with Gasteiger partial charge < -0.3 is 21.1 Å². The number of hydrogen-bond acceptors (Lipinski definition) is 5. The van der Waals surface area contributed by atoms with Crippen molar-refractivity contribution in [3.63, 3.8) is 0 Å². The molecule has 0 heterocycles. The first kappa shape index (κ1) is 24.0. The summed E-state index contributed by atoms with van der Waals surface area (Å²) in [4.78, 5) is 49.5. The largest absolute Gasteiger partial charge is 0.445 e. The molecule has 2 aromatic carbocycles. The van der Waals surface area contributed by atoms with Crippen LogP contribution in [0.15, 0.2) is 60.7 Å². The van der Waals surface area contributed by atoms with E-state index in [0.29, 0.717) is 19.3 Å². The van der Waals surface area contributed by atoms with Gasteiger partial charge in [-0.25, -0.2) is 4.79 Å². The molecule has 1 saturated carbocycles. The predicted molar refractivity (Wildman–Crippen MR) is 122 cm³/mol. The molecule has 1 aliphatic carbocycles. The van der Waals surface area contributed by atoms with Crippen LogP contribution in [-0.2, 0) is 32.1 Å². The summed E-state index contributed by atoms with van der Waals surface area (Å²) in [5, 5.41) is 5.27. The Morgan fingerprint density at radius 1 is 0.970 bits per heavy atom. The quantitative estimate of drug-likeness (QED) is 0.539. The van der Waals surface area contributed by atoms with Crippen molar-refractivity contribution in [3.8, 4) is 0 Å². The Morgan fingerprint density at radius 3 is 2.21 bits per heavy atom. The number of hydrogen-bond donors (Lipinski definition) is 3. The Hall–Kier alpha value is -3.68. The number of primary amides is 1. The third kappa shape index (κ3) is 7.45. The van der Waals surface area contributed by atoms with Crippen LogP contribution in [0.1, 0.15) is 36.8 Å². The molecule has 1 aliphatic rings. The molecular weight excluding hydrogens is 422 g/mol. The Kier molecular flexibility index (Phi) is 8.57. The van der Waals surface area contributed by atoms with Gasteiger partial charge >= 0.3 is 6.09 Å². The molecule has 4 N–H and O–H groups in total. The molecule has 1 fully saturated rings. The summed E-state index contributed by atoms with van der Waals surface area (Å²) in [5.41, 5.74) is 7.19.